The van der Waals surface area contributed by atoms with Crippen LogP contribution in [-0.2, 0) is 0 Å². The monoisotopic (exact) mass is 263 g/mol. The molecule has 1 aromatic carbocycles. The van der Waals surface area contributed by atoms with Crippen molar-refractivity contribution in [2.24, 2.45) is 5.92 Å². The summed E-state index contributed by atoms with van der Waals surface area (Å²) in [6.07, 6.45) is 0.944. The number of nitrogens with zero attached hydrogens (tertiary/aromatic N) is 1. The molecule has 1 N–H and O–H groups in total. The van der Waals surface area contributed by atoms with Crippen LogP contribution in [0.3, 0.4) is 0 Å². The maximum Gasteiger partial charge on any atom is 0.199 e. The molecule has 1 atom stereocenters. The van der Waals surface area contributed by atoms with Crippen molar-refractivity contribution in [1.82, 2.24) is 0 Å². The van der Waals surface area contributed by atoms with Crippen LogP contribution in [0.1, 0.15) is 33.3 Å². The molecule has 19 heavy (non-hydrogen) atoms. The van der Waals surface area contributed by atoms with E-state index in [2.05, 4.69) is 31.4 Å². The van der Waals surface area contributed by atoms with Crippen LogP contribution in [0, 0.1) is 5.92 Å². The Bertz CT molecular complexity index is 411. The number of anilines is 1. The molecule has 0 radical (unpaired) electrons. The van der Waals surface area contributed by atoms with Crippen molar-refractivity contribution in [3.8, 4) is 5.75 Å². The second-order valence-corrected chi connectivity index (χ2v) is 4.85. The van der Waals surface area contributed by atoms with Crippen molar-refractivity contribution in [3.05, 3.63) is 30.3 Å². The molecule has 0 aliphatic heterocycles. The molecular weight excluding hydrogens is 238 g/mol. The van der Waals surface area contributed by atoms with E-state index < -0.39 is 6.29 Å². The highest BCUT2D eigenvalue weighted by Gasteiger charge is 2.14. The molecule has 0 spiro atoms. The number of aliphatic hydroxyl groups excluding tert-OH is 1. The first-order chi connectivity index (χ1) is 9.03. The van der Waals surface area contributed by atoms with Crippen molar-refractivity contribution in [2.75, 3.05) is 18.0 Å². The van der Waals surface area contributed by atoms with E-state index in [1.54, 1.807) is 6.08 Å². The van der Waals surface area contributed by atoms with Gasteiger partial charge in [0.2, 0.25) is 0 Å². The van der Waals surface area contributed by atoms with Crippen LogP contribution >= 0.6 is 0 Å². The Hall–Kier alpha value is -1.48. The van der Waals surface area contributed by atoms with E-state index in [1.807, 2.05) is 26.0 Å². The molecule has 0 amide bonds. The largest absolute Gasteiger partial charge is 0.464 e. The van der Waals surface area contributed by atoms with E-state index in [0.717, 1.165) is 24.3 Å². The first-order valence-electron chi connectivity index (χ1n) is 6.89. The molecule has 0 fully saturated rings. The van der Waals surface area contributed by atoms with Gasteiger partial charge in [-0.15, -0.1) is 0 Å². The Morgan fingerprint density at radius 3 is 2.42 bits per heavy atom. The second-order valence-electron chi connectivity index (χ2n) is 4.85. The van der Waals surface area contributed by atoms with Gasteiger partial charge in [0.05, 0.1) is 0 Å². The normalized spacial score (nSPS) is 12.3. The summed E-state index contributed by atoms with van der Waals surface area (Å²) in [4.78, 5) is 2.24. The number of hydrogen-bond donors (Lipinski definition) is 1. The Balaban J connectivity index is 3.05. The van der Waals surface area contributed by atoms with Crippen LogP contribution in [-0.4, -0.2) is 24.5 Å². The lowest BCUT2D eigenvalue weighted by atomic mass is 10.1. The summed E-state index contributed by atoms with van der Waals surface area (Å²) < 4.78 is 5.64. The van der Waals surface area contributed by atoms with E-state index in [1.165, 1.54) is 0 Å². The van der Waals surface area contributed by atoms with Crippen molar-refractivity contribution in [3.63, 3.8) is 0 Å². The third-order valence-corrected chi connectivity index (χ3v) is 3.16. The van der Waals surface area contributed by atoms with Crippen molar-refractivity contribution in [1.29, 1.82) is 0 Å². The number of ether oxygens (including phenoxy) is 1. The summed E-state index contributed by atoms with van der Waals surface area (Å²) in [5.74, 6) is 0.732. The smallest absolute Gasteiger partial charge is 0.199 e. The quantitative estimate of drug-likeness (QED) is 0.764. The number of hydrogen-bond acceptors (Lipinski definition) is 3. The fourth-order valence-corrected chi connectivity index (χ4v) is 1.85. The van der Waals surface area contributed by atoms with Gasteiger partial charge < -0.3 is 14.7 Å². The standard InChI is InChI=1S/C16H25NO2/c1-6-13-9-10-14(17(7-2)8-3)11-15(13)19-16(18)12(4)5/h6,9-12,16,18H,1,7-8H2,2-5H3. The second kappa shape index (κ2) is 7.19. The van der Waals surface area contributed by atoms with Gasteiger partial charge in [-0.1, -0.05) is 26.5 Å². The number of rotatable bonds is 7. The minimum atomic E-state index is -0.800. The minimum Gasteiger partial charge on any atom is -0.464 e. The third-order valence-electron chi connectivity index (χ3n) is 3.16. The molecule has 0 aromatic heterocycles. The summed E-state index contributed by atoms with van der Waals surface area (Å²) >= 11 is 0. The van der Waals surface area contributed by atoms with Crippen LogP contribution in [0.2, 0.25) is 0 Å². The minimum absolute atomic E-state index is 0.0507. The Kier molecular flexibility index (Phi) is 5.90. The zero-order valence-electron chi connectivity index (χ0n) is 12.4. The highest BCUT2D eigenvalue weighted by Crippen LogP contribution is 2.28. The Labute approximate surface area is 116 Å². The highest BCUT2D eigenvalue weighted by atomic mass is 16.6. The lowest BCUT2D eigenvalue weighted by molar-refractivity contribution is -0.0516. The Morgan fingerprint density at radius 1 is 1.32 bits per heavy atom. The van der Waals surface area contributed by atoms with Crippen LogP contribution < -0.4 is 9.64 Å². The topological polar surface area (TPSA) is 32.7 Å². The van der Waals surface area contributed by atoms with Crippen molar-refractivity contribution < 1.29 is 9.84 Å². The molecule has 1 aromatic rings. The van der Waals surface area contributed by atoms with Crippen LogP contribution in [0.25, 0.3) is 6.08 Å². The van der Waals surface area contributed by atoms with Gasteiger partial charge in [0.15, 0.2) is 6.29 Å². The lowest BCUT2D eigenvalue weighted by Crippen LogP contribution is -2.24. The predicted molar refractivity (Wildman–Crippen MR) is 81.6 cm³/mol. The summed E-state index contributed by atoms with van der Waals surface area (Å²) in [7, 11) is 0. The lowest BCUT2D eigenvalue weighted by Gasteiger charge is -2.24. The maximum absolute atomic E-state index is 9.87. The molecule has 1 rings (SSSR count). The van der Waals surface area contributed by atoms with Crippen molar-refractivity contribution in [2.45, 2.75) is 34.0 Å². The van der Waals surface area contributed by atoms with Gasteiger partial charge in [-0.25, -0.2) is 0 Å². The van der Waals surface area contributed by atoms with Gasteiger partial charge in [0.1, 0.15) is 5.75 Å². The van der Waals surface area contributed by atoms with Gasteiger partial charge in [0.25, 0.3) is 0 Å². The molecule has 0 bridgehead atoms. The van der Waals surface area contributed by atoms with Crippen molar-refractivity contribution >= 4 is 11.8 Å². The van der Waals surface area contributed by atoms with E-state index in [0.29, 0.717) is 5.75 Å². The molecule has 1 unspecified atom stereocenters. The Morgan fingerprint density at radius 2 is 1.95 bits per heavy atom. The van der Waals surface area contributed by atoms with Gasteiger partial charge in [-0.05, 0) is 26.0 Å². The SMILES string of the molecule is C=Cc1ccc(N(CC)CC)cc1OC(O)C(C)C. The molecule has 3 heteroatoms. The maximum atomic E-state index is 9.87. The molecule has 106 valence electrons. The van der Waals surface area contributed by atoms with Gasteiger partial charge in [0, 0.05) is 36.3 Å². The third kappa shape index (κ3) is 4.00. The van der Waals surface area contributed by atoms with Gasteiger partial charge in [-0.3, -0.25) is 0 Å². The molecule has 0 aliphatic rings. The van der Waals surface area contributed by atoms with Gasteiger partial charge in [-0.2, -0.15) is 0 Å². The zero-order valence-corrected chi connectivity index (χ0v) is 12.4. The summed E-state index contributed by atoms with van der Waals surface area (Å²) in [5, 5.41) is 9.87. The fraction of sp³-hybridized carbons (Fsp3) is 0.500. The molecule has 0 aliphatic carbocycles. The number of aliphatic hydroxyl groups is 1. The first-order valence-corrected chi connectivity index (χ1v) is 6.89. The van der Waals surface area contributed by atoms with Crippen LogP contribution in [0.15, 0.2) is 24.8 Å². The predicted octanol–water partition coefficient (Wildman–Crippen LogP) is 3.53. The average molecular weight is 263 g/mol. The molecule has 0 saturated carbocycles. The van der Waals surface area contributed by atoms with E-state index in [9.17, 15) is 5.11 Å². The first kappa shape index (κ1) is 15.6. The average Bonchev–Trinajstić information content (AvgIpc) is 2.40. The summed E-state index contributed by atoms with van der Waals surface area (Å²) in [5.41, 5.74) is 2.00. The molecule has 0 heterocycles. The van der Waals surface area contributed by atoms with E-state index >= 15 is 0 Å². The van der Waals surface area contributed by atoms with E-state index in [-0.39, 0.29) is 5.92 Å². The van der Waals surface area contributed by atoms with Gasteiger partial charge >= 0.3 is 0 Å². The summed E-state index contributed by atoms with van der Waals surface area (Å²) in [6.45, 7) is 13.7. The highest BCUT2D eigenvalue weighted by molar-refractivity contribution is 5.62. The molecule has 3 nitrogen and oxygen atoms in total. The molecule has 0 saturated heterocycles. The number of benzene rings is 1. The fourth-order valence-electron chi connectivity index (χ4n) is 1.85. The van der Waals surface area contributed by atoms with Crippen LogP contribution in [0.5, 0.6) is 5.75 Å². The van der Waals surface area contributed by atoms with E-state index in [4.69, 9.17) is 4.74 Å². The zero-order chi connectivity index (χ0) is 14.4. The molecular formula is C16H25NO2. The van der Waals surface area contributed by atoms with Crippen LogP contribution in [0.4, 0.5) is 5.69 Å². The summed E-state index contributed by atoms with van der Waals surface area (Å²) in [6, 6.07) is 6.00.